The van der Waals surface area contributed by atoms with Crippen LogP contribution in [0, 0.1) is 5.41 Å². The van der Waals surface area contributed by atoms with E-state index in [1.54, 1.807) is 0 Å². The van der Waals surface area contributed by atoms with Gasteiger partial charge in [0.05, 0.1) is 21.8 Å². The molecule has 0 aliphatic rings. The Morgan fingerprint density at radius 2 is 2.05 bits per heavy atom. The Bertz CT molecular complexity index is 667. The number of imidazole rings is 1. The SMILES string of the molecule is C=CC[C@@H](CC(C)(C)C)S(=O)c1nc2ccccc2n1C. The van der Waals surface area contributed by atoms with Crippen molar-refractivity contribution in [3.05, 3.63) is 36.9 Å². The molecule has 2 rings (SSSR count). The van der Waals surface area contributed by atoms with Gasteiger partial charge in [0.25, 0.3) is 0 Å². The second-order valence-corrected chi connectivity index (χ2v) is 8.28. The molecular weight excluding hydrogens is 280 g/mol. The maximum absolute atomic E-state index is 13.0. The minimum absolute atomic E-state index is 0.0537. The zero-order valence-corrected chi connectivity index (χ0v) is 14.1. The minimum atomic E-state index is -1.13. The molecule has 1 aromatic heterocycles. The van der Waals surface area contributed by atoms with Gasteiger partial charge >= 0.3 is 0 Å². The van der Waals surface area contributed by atoms with Gasteiger partial charge in [-0.2, -0.15) is 0 Å². The number of aromatic nitrogens is 2. The molecule has 0 saturated carbocycles. The van der Waals surface area contributed by atoms with Crippen molar-refractivity contribution in [1.82, 2.24) is 9.55 Å². The Morgan fingerprint density at radius 1 is 1.38 bits per heavy atom. The lowest BCUT2D eigenvalue weighted by atomic mass is 9.89. The van der Waals surface area contributed by atoms with E-state index in [0.717, 1.165) is 23.9 Å². The number of para-hydroxylation sites is 2. The molecule has 1 heterocycles. The molecule has 2 atom stereocenters. The lowest BCUT2D eigenvalue weighted by molar-refractivity contribution is 0.369. The van der Waals surface area contributed by atoms with Crippen molar-refractivity contribution in [3.63, 3.8) is 0 Å². The van der Waals surface area contributed by atoms with Crippen LogP contribution >= 0.6 is 0 Å². The highest BCUT2D eigenvalue weighted by atomic mass is 32.2. The lowest BCUT2D eigenvalue weighted by Crippen LogP contribution is -2.23. The minimum Gasteiger partial charge on any atom is -0.320 e. The van der Waals surface area contributed by atoms with Crippen LogP contribution in [-0.2, 0) is 17.8 Å². The van der Waals surface area contributed by atoms with Crippen molar-refractivity contribution in [3.8, 4) is 0 Å². The fraction of sp³-hybridized carbons (Fsp3) is 0.471. The van der Waals surface area contributed by atoms with Crippen molar-refractivity contribution in [1.29, 1.82) is 0 Å². The van der Waals surface area contributed by atoms with Crippen LogP contribution in [0.4, 0.5) is 0 Å². The van der Waals surface area contributed by atoms with Gasteiger partial charge in [0, 0.05) is 12.3 Å². The van der Waals surface area contributed by atoms with Gasteiger partial charge in [-0.1, -0.05) is 39.0 Å². The van der Waals surface area contributed by atoms with Crippen molar-refractivity contribution >= 4 is 21.8 Å². The maximum Gasteiger partial charge on any atom is 0.200 e. The Balaban J connectivity index is 2.38. The zero-order valence-electron chi connectivity index (χ0n) is 13.3. The van der Waals surface area contributed by atoms with Crippen LogP contribution < -0.4 is 0 Å². The van der Waals surface area contributed by atoms with E-state index in [1.165, 1.54) is 0 Å². The van der Waals surface area contributed by atoms with Crippen molar-refractivity contribution in [2.45, 2.75) is 44.0 Å². The Hall–Kier alpha value is -1.42. The van der Waals surface area contributed by atoms with Crippen LogP contribution in [-0.4, -0.2) is 19.0 Å². The lowest BCUT2D eigenvalue weighted by Gasteiger charge is -2.24. The zero-order chi connectivity index (χ0) is 15.6. The van der Waals surface area contributed by atoms with Crippen molar-refractivity contribution in [2.24, 2.45) is 12.5 Å². The molecular formula is C17H24N2OS. The van der Waals surface area contributed by atoms with E-state index in [4.69, 9.17) is 0 Å². The average Bonchev–Trinajstić information content (AvgIpc) is 2.74. The van der Waals surface area contributed by atoms with E-state index in [0.29, 0.717) is 5.16 Å². The first-order chi connectivity index (χ1) is 9.83. The molecule has 0 saturated heterocycles. The molecule has 3 nitrogen and oxygen atoms in total. The predicted octanol–water partition coefficient (Wildman–Crippen LogP) is 4.06. The van der Waals surface area contributed by atoms with E-state index < -0.39 is 10.8 Å². The number of hydrogen-bond acceptors (Lipinski definition) is 2. The van der Waals surface area contributed by atoms with Crippen LogP contribution in [0.1, 0.15) is 33.6 Å². The summed E-state index contributed by atoms with van der Waals surface area (Å²) in [4.78, 5) is 4.57. The molecule has 1 unspecified atom stereocenters. The van der Waals surface area contributed by atoms with Gasteiger partial charge in [0.2, 0.25) is 0 Å². The van der Waals surface area contributed by atoms with Gasteiger partial charge < -0.3 is 4.57 Å². The van der Waals surface area contributed by atoms with Crippen LogP contribution in [0.25, 0.3) is 11.0 Å². The molecule has 21 heavy (non-hydrogen) atoms. The van der Waals surface area contributed by atoms with Crippen molar-refractivity contribution in [2.75, 3.05) is 0 Å². The van der Waals surface area contributed by atoms with Crippen LogP contribution in [0.5, 0.6) is 0 Å². The molecule has 0 spiro atoms. The molecule has 0 N–H and O–H groups in total. The number of rotatable bonds is 5. The number of hydrogen-bond donors (Lipinski definition) is 0. The molecule has 0 aliphatic carbocycles. The Labute approximate surface area is 129 Å². The third kappa shape index (κ3) is 3.62. The summed E-state index contributed by atoms with van der Waals surface area (Å²) in [7, 11) is 0.804. The van der Waals surface area contributed by atoms with E-state index >= 15 is 0 Å². The predicted molar refractivity (Wildman–Crippen MR) is 89.8 cm³/mol. The summed E-state index contributed by atoms with van der Waals surface area (Å²) in [5.74, 6) is 0. The summed E-state index contributed by atoms with van der Waals surface area (Å²) >= 11 is 0. The number of allylic oxidation sites excluding steroid dienone is 1. The monoisotopic (exact) mass is 304 g/mol. The first kappa shape index (κ1) is 16.0. The van der Waals surface area contributed by atoms with E-state index in [1.807, 2.05) is 42.0 Å². The topological polar surface area (TPSA) is 34.9 Å². The van der Waals surface area contributed by atoms with Crippen LogP contribution in [0.3, 0.4) is 0 Å². The highest BCUT2D eigenvalue weighted by molar-refractivity contribution is 7.85. The summed E-state index contributed by atoms with van der Waals surface area (Å²) in [6, 6.07) is 7.91. The Morgan fingerprint density at radius 3 is 2.62 bits per heavy atom. The maximum atomic E-state index is 13.0. The molecule has 0 radical (unpaired) electrons. The molecule has 114 valence electrons. The standard InChI is InChI=1S/C17H24N2OS/c1-6-9-13(12-17(2,3)4)21(20)16-18-14-10-7-8-11-15(14)19(16)5/h6-8,10-11,13H,1,9,12H2,2-5H3/t13-,21?/m0/s1. The van der Waals surface area contributed by atoms with Crippen molar-refractivity contribution < 1.29 is 4.21 Å². The smallest absolute Gasteiger partial charge is 0.200 e. The molecule has 0 bridgehead atoms. The number of fused-ring (bicyclic) bond motifs is 1. The fourth-order valence-corrected chi connectivity index (χ4v) is 4.38. The molecule has 0 fully saturated rings. The van der Waals surface area contributed by atoms with Gasteiger partial charge in [0.15, 0.2) is 5.16 Å². The summed E-state index contributed by atoms with van der Waals surface area (Å²) in [6.07, 6.45) is 3.49. The molecule has 2 aromatic rings. The second kappa shape index (κ2) is 6.14. The molecule has 0 aliphatic heterocycles. The number of aryl methyl sites for hydroxylation is 1. The third-order valence-electron chi connectivity index (χ3n) is 3.50. The highest BCUT2D eigenvalue weighted by Crippen LogP contribution is 2.28. The number of nitrogens with zero attached hydrogens (tertiary/aromatic N) is 2. The first-order valence-corrected chi connectivity index (χ1v) is 8.48. The van der Waals surface area contributed by atoms with E-state index in [9.17, 15) is 4.21 Å². The molecule has 1 aromatic carbocycles. The van der Waals surface area contributed by atoms with Gasteiger partial charge in [-0.3, -0.25) is 4.21 Å². The highest BCUT2D eigenvalue weighted by Gasteiger charge is 2.26. The average molecular weight is 304 g/mol. The first-order valence-electron chi connectivity index (χ1n) is 7.26. The quantitative estimate of drug-likeness (QED) is 0.781. The van der Waals surface area contributed by atoms with Gasteiger partial charge in [0.1, 0.15) is 0 Å². The van der Waals surface area contributed by atoms with E-state index in [-0.39, 0.29) is 10.7 Å². The fourth-order valence-electron chi connectivity index (χ4n) is 2.57. The normalized spacial score (nSPS) is 15.0. The van der Waals surface area contributed by atoms with Crippen LogP contribution in [0.15, 0.2) is 42.1 Å². The summed E-state index contributed by atoms with van der Waals surface area (Å²) < 4.78 is 14.9. The molecule has 4 heteroatoms. The van der Waals surface area contributed by atoms with Crippen LogP contribution in [0.2, 0.25) is 0 Å². The van der Waals surface area contributed by atoms with Gasteiger partial charge in [-0.15, -0.1) is 6.58 Å². The second-order valence-electron chi connectivity index (χ2n) is 6.65. The van der Waals surface area contributed by atoms with E-state index in [2.05, 4.69) is 32.3 Å². The number of benzene rings is 1. The van der Waals surface area contributed by atoms with Gasteiger partial charge in [-0.25, -0.2) is 4.98 Å². The summed E-state index contributed by atoms with van der Waals surface area (Å²) in [5.41, 5.74) is 2.05. The molecule has 0 amide bonds. The summed E-state index contributed by atoms with van der Waals surface area (Å²) in [5, 5.41) is 0.713. The third-order valence-corrected chi connectivity index (χ3v) is 5.19. The Kier molecular flexibility index (Phi) is 4.67. The summed E-state index contributed by atoms with van der Waals surface area (Å²) in [6.45, 7) is 10.3. The largest absolute Gasteiger partial charge is 0.320 e. The van der Waals surface area contributed by atoms with Gasteiger partial charge in [-0.05, 0) is 30.4 Å².